The first kappa shape index (κ1) is 11.6. The van der Waals surface area contributed by atoms with Crippen molar-refractivity contribution in [3.8, 4) is 0 Å². The number of nitrogens with zero attached hydrogens (tertiary/aromatic N) is 3. The van der Waals surface area contributed by atoms with Gasteiger partial charge >= 0.3 is 0 Å². The molecule has 0 aromatic carbocycles. The lowest BCUT2D eigenvalue weighted by Gasteiger charge is -2.04. The van der Waals surface area contributed by atoms with Crippen molar-refractivity contribution in [3.63, 3.8) is 0 Å². The van der Waals surface area contributed by atoms with Crippen molar-refractivity contribution < 1.29 is 8.42 Å². The topological polar surface area (TPSA) is 76.9 Å². The summed E-state index contributed by atoms with van der Waals surface area (Å²) in [6, 6.07) is 5.01. The molecule has 2 aromatic heterocycles. The molecule has 0 radical (unpaired) electrons. The van der Waals surface area contributed by atoms with Crippen LogP contribution in [0.1, 0.15) is 6.92 Å². The molecule has 0 saturated carbocycles. The lowest BCUT2D eigenvalue weighted by molar-refractivity contribution is 0.600. The Morgan fingerprint density at radius 3 is 2.82 bits per heavy atom. The molecule has 0 aliphatic carbocycles. The molecule has 0 aliphatic heterocycles. The summed E-state index contributed by atoms with van der Waals surface area (Å²) in [4.78, 5) is 4.03. The fraction of sp³-hybridized carbons (Fsp3) is 0.200. The van der Waals surface area contributed by atoms with Crippen LogP contribution in [-0.4, -0.2) is 23.2 Å². The van der Waals surface area contributed by atoms with Crippen LogP contribution in [0.25, 0.3) is 0 Å². The zero-order chi connectivity index (χ0) is 12.3. The Labute approximate surface area is 99.4 Å². The van der Waals surface area contributed by atoms with Gasteiger partial charge in [0, 0.05) is 18.9 Å². The lowest BCUT2D eigenvalue weighted by atomic mass is 10.5. The predicted octanol–water partition coefficient (Wildman–Crippen LogP) is 1.10. The molecule has 0 spiro atoms. The molecule has 0 saturated heterocycles. The van der Waals surface area contributed by atoms with Crippen LogP contribution >= 0.6 is 0 Å². The van der Waals surface area contributed by atoms with E-state index >= 15 is 0 Å². The van der Waals surface area contributed by atoms with E-state index in [4.69, 9.17) is 0 Å². The SMILES string of the molecule is CCn1cc(S(=O)(=O)Nc2ccccn2)cn1. The Morgan fingerprint density at radius 1 is 1.41 bits per heavy atom. The van der Waals surface area contributed by atoms with Crippen molar-refractivity contribution in [3.05, 3.63) is 36.8 Å². The molecular weight excluding hydrogens is 240 g/mol. The molecule has 0 amide bonds. The van der Waals surface area contributed by atoms with Gasteiger partial charge in [-0.2, -0.15) is 5.10 Å². The van der Waals surface area contributed by atoms with Crippen molar-refractivity contribution in [2.45, 2.75) is 18.4 Å². The molecule has 0 fully saturated rings. The Kier molecular flexibility index (Phi) is 3.10. The van der Waals surface area contributed by atoms with Crippen molar-refractivity contribution in [2.75, 3.05) is 4.72 Å². The van der Waals surface area contributed by atoms with Gasteiger partial charge in [0.05, 0.1) is 6.20 Å². The summed E-state index contributed by atoms with van der Waals surface area (Å²) in [6.07, 6.45) is 4.31. The smallest absolute Gasteiger partial charge is 0.266 e. The van der Waals surface area contributed by atoms with Crippen molar-refractivity contribution in [1.29, 1.82) is 0 Å². The average molecular weight is 252 g/mol. The lowest BCUT2D eigenvalue weighted by Crippen LogP contribution is -2.13. The van der Waals surface area contributed by atoms with Gasteiger partial charge in [0.15, 0.2) is 0 Å². The van der Waals surface area contributed by atoms with E-state index in [0.717, 1.165) is 0 Å². The summed E-state index contributed by atoms with van der Waals surface area (Å²) in [7, 11) is -3.60. The highest BCUT2D eigenvalue weighted by molar-refractivity contribution is 7.92. The maximum atomic E-state index is 11.9. The maximum absolute atomic E-state index is 11.9. The number of hydrogen-bond acceptors (Lipinski definition) is 4. The second kappa shape index (κ2) is 4.54. The van der Waals surface area contributed by atoms with E-state index < -0.39 is 10.0 Å². The van der Waals surface area contributed by atoms with Gasteiger partial charge in [-0.05, 0) is 19.1 Å². The molecule has 0 unspecified atom stereocenters. The van der Waals surface area contributed by atoms with Gasteiger partial charge in [0.2, 0.25) is 0 Å². The summed E-state index contributed by atoms with van der Waals surface area (Å²) >= 11 is 0. The monoisotopic (exact) mass is 252 g/mol. The largest absolute Gasteiger partial charge is 0.272 e. The quantitative estimate of drug-likeness (QED) is 0.884. The fourth-order valence-electron chi connectivity index (χ4n) is 1.28. The van der Waals surface area contributed by atoms with E-state index in [1.54, 1.807) is 22.9 Å². The van der Waals surface area contributed by atoms with Crippen LogP contribution in [0.15, 0.2) is 41.7 Å². The number of pyridine rings is 1. The first-order valence-electron chi connectivity index (χ1n) is 5.08. The molecule has 7 heteroatoms. The Hall–Kier alpha value is -1.89. The highest BCUT2D eigenvalue weighted by Crippen LogP contribution is 2.12. The van der Waals surface area contributed by atoms with Crippen molar-refractivity contribution in [2.24, 2.45) is 0 Å². The first-order chi connectivity index (χ1) is 8.12. The number of aromatic nitrogens is 3. The van der Waals surface area contributed by atoms with Crippen LogP contribution < -0.4 is 4.72 Å². The van der Waals surface area contributed by atoms with E-state index in [1.165, 1.54) is 18.6 Å². The van der Waals surface area contributed by atoms with Gasteiger partial charge in [-0.3, -0.25) is 9.40 Å². The predicted molar refractivity (Wildman–Crippen MR) is 62.9 cm³/mol. The maximum Gasteiger partial charge on any atom is 0.266 e. The summed E-state index contributed by atoms with van der Waals surface area (Å²) in [5.74, 6) is 0.289. The van der Waals surface area contributed by atoms with Gasteiger partial charge in [-0.1, -0.05) is 6.07 Å². The Morgan fingerprint density at radius 2 is 2.24 bits per heavy atom. The van der Waals surface area contributed by atoms with E-state index in [-0.39, 0.29) is 10.7 Å². The molecule has 90 valence electrons. The van der Waals surface area contributed by atoms with E-state index in [9.17, 15) is 8.42 Å². The highest BCUT2D eigenvalue weighted by atomic mass is 32.2. The number of sulfonamides is 1. The van der Waals surface area contributed by atoms with Crippen LogP contribution in [0.5, 0.6) is 0 Å². The number of anilines is 1. The molecule has 0 atom stereocenters. The van der Waals surface area contributed by atoms with Crippen molar-refractivity contribution in [1.82, 2.24) is 14.8 Å². The minimum absolute atomic E-state index is 0.130. The number of hydrogen-bond donors (Lipinski definition) is 1. The van der Waals surface area contributed by atoms with Crippen LogP contribution in [0.3, 0.4) is 0 Å². The van der Waals surface area contributed by atoms with Gasteiger partial charge < -0.3 is 0 Å². The second-order valence-electron chi connectivity index (χ2n) is 3.35. The molecule has 6 nitrogen and oxygen atoms in total. The van der Waals surface area contributed by atoms with Crippen LogP contribution in [0.4, 0.5) is 5.82 Å². The van der Waals surface area contributed by atoms with Crippen LogP contribution in [0, 0.1) is 0 Å². The molecule has 2 rings (SSSR count). The molecular formula is C10H12N4O2S. The molecule has 0 bridgehead atoms. The summed E-state index contributed by atoms with van der Waals surface area (Å²) in [6.45, 7) is 2.51. The summed E-state index contributed by atoms with van der Waals surface area (Å²) in [5, 5.41) is 3.92. The normalized spacial score (nSPS) is 11.4. The van der Waals surface area contributed by atoms with E-state index in [0.29, 0.717) is 6.54 Å². The highest BCUT2D eigenvalue weighted by Gasteiger charge is 2.16. The minimum Gasteiger partial charge on any atom is -0.272 e. The minimum atomic E-state index is -3.60. The molecule has 17 heavy (non-hydrogen) atoms. The number of nitrogens with one attached hydrogen (secondary N) is 1. The standard InChI is InChI=1S/C10H12N4O2S/c1-2-14-8-9(7-12-14)17(15,16)13-10-5-3-4-6-11-10/h3-8H,2H2,1H3,(H,11,13). The summed E-state index contributed by atoms with van der Waals surface area (Å²) < 4.78 is 27.8. The van der Waals surface area contributed by atoms with Gasteiger partial charge in [0.25, 0.3) is 10.0 Å². The third-order valence-corrected chi connectivity index (χ3v) is 3.46. The second-order valence-corrected chi connectivity index (χ2v) is 5.03. The van der Waals surface area contributed by atoms with E-state index in [2.05, 4.69) is 14.8 Å². The zero-order valence-electron chi connectivity index (χ0n) is 9.24. The fourth-order valence-corrected chi connectivity index (χ4v) is 2.24. The van der Waals surface area contributed by atoms with Gasteiger partial charge in [-0.25, -0.2) is 13.4 Å². The molecule has 1 N–H and O–H groups in total. The number of rotatable bonds is 4. The Bertz CT molecular complexity index is 592. The van der Waals surface area contributed by atoms with Crippen LogP contribution in [0.2, 0.25) is 0 Å². The average Bonchev–Trinajstić information content (AvgIpc) is 2.79. The first-order valence-corrected chi connectivity index (χ1v) is 6.56. The van der Waals surface area contributed by atoms with E-state index in [1.807, 2.05) is 6.92 Å². The van der Waals surface area contributed by atoms with Crippen LogP contribution in [-0.2, 0) is 16.6 Å². The van der Waals surface area contributed by atoms with Gasteiger partial charge in [0.1, 0.15) is 10.7 Å². The zero-order valence-corrected chi connectivity index (χ0v) is 10.1. The van der Waals surface area contributed by atoms with Gasteiger partial charge in [-0.15, -0.1) is 0 Å². The van der Waals surface area contributed by atoms with Crippen molar-refractivity contribution >= 4 is 15.8 Å². The Balaban J connectivity index is 2.25. The number of aryl methyl sites for hydroxylation is 1. The third kappa shape index (κ3) is 2.62. The molecule has 2 aromatic rings. The summed E-state index contributed by atoms with van der Waals surface area (Å²) in [5.41, 5.74) is 0. The third-order valence-electron chi connectivity index (χ3n) is 2.15. The molecule has 2 heterocycles. The molecule has 0 aliphatic rings.